The monoisotopic (exact) mass is 296 g/mol. The molecule has 0 spiro atoms. The van der Waals surface area contributed by atoms with Crippen LogP contribution in [0.2, 0.25) is 0 Å². The third-order valence-corrected chi connectivity index (χ3v) is 5.68. The van der Waals surface area contributed by atoms with Gasteiger partial charge in [0, 0.05) is 6.54 Å². The van der Waals surface area contributed by atoms with Gasteiger partial charge in [0.25, 0.3) is 0 Å². The molecule has 0 aromatic heterocycles. The maximum atomic E-state index is 12.4. The van der Waals surface area contributed by atoms with Crippen molar-refractivity contribution < 1.29 is 9.90 Å². The van der Waals surface area contributed by atoms with Gasteiger partial charge in [-0.2, -0.15) is 0 Å². The summed E-state index contributed by atoms with van der Waals surface area (Å²) in [6, 6.07) is 0. The molecule has 21 heavy (non-hydrogen) atoms. The van der Waals surface area contributed by atoms with Crippen molar-refractivity contribution in [1.29, 1.82) is 0 Å². The molecule has 2 atom stereocenters. The van der Waals surface area contributed by atoms with Crippen LogP contribution < -0.4 is 11.1 Å². The molecule has 2 saturated carbocycles. The smallest absolute Gasteiger partial charge is 0.240 e. The Morgan fingerprint density at radius 3 is 2.52 bits per heavy atom. The number of nitrogens with one attached hydrogen (secondary N) is 1. The van der Waals surface area contributed by atoms with Gasteiger partial charge in [0.15, 0.2) is 0 Å². The number of hydrogen-bond donors (Lipinski definition) is 3. The second-order valence-electron chi connectivity index (χ2n) is 7.62. The maximum absolute atomic E-state index is 12.4. The summed E-state index contributed by atoms with van der Waals surface area (Å²) in [6.45, 7) is 4.72. The van der Waals surface area contributed by atoms with Crippen LogP contribution in [0.25, 0.3) is 0 Å². The molecule has 2 aliphatic carbocycles. The van der Waals surface area contributed by atoms with Crippen molar-refractivity contribution in [2.45, 2.75) is 82.8 Å². The first-order valence-electron chi connectivity index (χ1n) is 8.66. The SMILES string of the molecule is CCC1CCC(O)(CNC(=O)C2(N)CCCC(C)C2)CC1. The summed E-state index contributed by atoms with van der Waals surface area (Å²) in [6.07, 6.45) is 8.60. The highest BCUT2D eigenvalue weighted by molar-refractivity contribution is 5.86. The summed E-state index contributed by atoms with van der Waals surface area (Å²) in [5, 5.41) is 13.6. The van der Waals surface area contributed by atoms with E-state index < -0.39 is 11.1 Å². The second-order valence-corrected chi connectivity index (χ2v) is 7.62. The largest absolute Gasteiger partial charge is 0.388 e. The molecule has 0 aromatic rings. The predicted molar refractivity (Wildman–Crippen MR) is 84.8 cm³/mol. The van der Waals surface area contributed by atoms with E-state index >= 15 is 0 Å². The quantitative estimate of drug-likeness (QED) is 0.745. The van der Waals surface area contributed by atoms with Crippen LogP contribution in [0, 0.1) is 11.8 Å². The minimum Gasteiger partial charge on any atom is -0.388 e. The van der Waals surface area contributed by atoms with Gasteiger partial charge >= 0.3 is 0 Å². The minimum absolute atomic E-state index is 0.0694. The lowest BCUT2D eigenvalue weighted by molar-refractivity contribution is -0.129. The van der Waals surface area contributed by atoms with Crippen molar-refractivity contribution in [3.05, 3.63) is 0 Å². The number of carbonyl (C=O) groups excluding carboxylic acids is 1. The Hall–Kier alpha value is -0.610. The van der Waals surface area contributed by atoms with E-state index in [2.05, 4.69) is 19.2 Å². The molecule has 122 valence electrons. The Labute approximate surface area is 128 Å². The fourth-order valence-corrected chi connectivity index (χ4v) is 4.02. The van der Waals surface area contributed by atoms with Crippen molar-refractivity contribution in [3.63, 3.8) is 0 Å². The molecule has 0 aromatic carbocycles. The van der Waals surface area contributed by atoms with Crippen LogP contribution in [0.5, 0.6) is 0 Å². The van der Waals surface area contributed by atoms with E-state index in [0.29, 0.717) is 12.5 Å². The summed E-state index contributed by atoms with van der Waals surface area (Å²) in [7, 11) is 0. The topological polar surface area (TPSA) is 75.3 Å². The minimum atomic E-state index is -0.728. The van der Waals surface area contributed by atoms with Gasteiger partial charge in [-0.05, 0) is 50.4 Å². The lowest BCUT2D eigenvalue weighted by atomic mass is 9.75. The van der Waals surface area contributed by atoms with E-state index in [9.17, 15) is 9.90 Å². The molecule has 0 aliphatic heterocycles. The van der Waals surface area contributed by atoms with Gasteiger partial charge in [-0.1, -0.05) is 33.1 Å². The Bertz CT molecular complexity index is 364. The number of hydrogen-bond acceptors (Lipinski definition) is 3. The summed E-state index contributed by atoms with van der Waals surface area (Å²) in [5.74, 6) is 1.18. The van der Waals surface area contributed by atoms with E-state index in [1.165, 1.54) is 6.42 Å². The molecule has 4 nitrogen and oxygen atoms in total. The molecule has 2 aliphatic rings. The molecule has 2 unspecified atom stereocenters. The third-order valence-electron chi connectivity index (χ3n) is 5.68. The number of aliphatic hydroxyl groups is 1. The van der Waals surface area contributed by atoms with E-state index in [-0.39, 0.29) is 5.91 Å². The Kier molecular flexibility index (Phi) is 5.31. The zero-order valence-corrected chi connectivity index (χ0v) is 13.7. The standard InChI is InChI=1S/C17H32N2O2/c1-3-14-6-9-16(21,10-7-14)12-19-15(20)17(18)8-4-5-13(2)11-17/h13-14,21H,3-12,18H2,1-2H3,(H,19,20). The van der Waals surface area contributed by atoms with Crippen LogP contribution >= 0.6 is 0 Å². The first kappa shape index (κ1) is 16.8. The van der Waals surface area contributed by atoms with Crippen molar-refractivity contribution in [2.24, 2.45) is 17.6 Å². The first-order chi connectivity index (χ1) is 9.87. The molecule has 0 heterocycles. The number of amides is 1. The lowest BCUT2D eigenvalue weighted by Crippen LogP contribution is -2.58. The van der Waals surface area contributed by atoms with Crippen LogP contribution in [0.1, 0.15) is 71.6 Å². The molecule has 0 saturated heterocycles. The molecule has 4 heteroatoms. The Morgan fingerprint density at radius 1 is 1.29 bits per heavy atom. The van der Waals surface area contributed by atoms with Crippen LogP contribution in [0.4, 0.5) is 0 Å². The van der Waals surface area contributed by atoms with Crippen LogP contribution in [0.15, 0.2) is 0 Å². The van der Waals surface area contributed by atoms with E-state index in [0.717, 1.165) is 57.3 Å². The Balaban J connectivity index is 1.83. The fraction of sp³-hybridized carbons (Fsp3) is 0.941. The van der Waals surface area contributed by atoms with Crippen molar-refractivity contribution in [2.75, 3.05) is 6.54 Å². The number of nitrogens with two attached hydrogens (primary N) is 1. The molecule has 2 fully saturated rings. The highest BCUT2D eigenvalue weighted by Crippen LogP contribution is 2.34. The number of rotatable bonds is 4. The van der Waals surface area contributed by atoms with Gasteiger partial charge in [0.2, 0.25) is 5.91 Å². The summed E-state index contributed by atoms with van der Waals surface area (Å²) < 4.78 is 0. The van der Waals surface area contributed by atoms with Crippen molar-refractivity contribution >= 4 is 5.91 Å². The van der Waals surface area contributed by atoms with Crippen LogP contribution in [-0.2, 0) is 4.79 Å². The van der Waals surface area contributed by atoms with Gasteiger partial charge in [0.05, 0.1) is 11.1 Å². The zero-order chi connectivity index (χ0) is 15.5. The first-order valence-corrected chi connectivity index (χ1v) is 8.66. The maximum Gasteiger partial charge on any atom is 0.240 e. The predicted octanol–water partition coefficient (Wildman–Crippen LogP) is 2.34. The molecule has 4 N–H and O–H groups in total. The van der Waals surface area contributed by atoms with Crippen molar-refractivity contribution in [3.8, 4) is 0 Å². The molecule has 1 amide bonds. The highest BCUT2D eigenvalue weighted by atomic mass is 16.3. The van der Waals surface area contributed by atoms with E-state index in [1.54, 1.807) is 0 Å². The average molecular weight is 296 g/mol. The van der Waals surface area contributed by atoms with Gasteiger partial charge in [-0.25, -0.2) is 0 Å². The van der Waals surface area contributed by atoms with Gasteiger partial charge in [-0.15, -0.1) is 0 Å². The normalized spacial score (nSPS) is 40.8. The van der Waals surface area contributed by atoms with Gasteiger partial charge < -0.3 is 16.2 Å². The van der Waals surface area contributed by atoms with E-state index in [1.807, 2.05) is 0 Å². The van der Waals surface area contributed by atoms with Gasteiger partial charge in [0.1, 0.15) is 0 Å². The molecule has 0 radical (unpaired) electrons. The summed E-state index contributed by atoms with van der Waals surface area (Å²) >= 11 is 0. The molecular weight excluding hydrogens is 264 g/mol. The lowest BCUT2D eigenvalue weighted by Gasteiger charge is -2.39. The number of carbonyl (C=O) groups is 1. The third kappa shape index (κ3) is 4.19. The average Bonchev–Trinajstić information content (AvgIpc) is 2.45. The van der Waals surface area contributed by atoms with Gasteiger partial charge in [-0.3, -0.25) is 4.79 Å². The van der Waals surface area contributed by atoms with Crippen LogP contribution in [-0.4, -0.2) is 28.7 Å². The molecule has 0 bridgehead atoms. The highest BCUT2D eigenvalue weighted by Gasteiger charge is 2.39. The second kappa shape index (κ2) is 6.66. The molecule has 2 rings (SSSR count). The Morgan fingerprint density at radius 2 is 1.95 bits per heavy atom. The zero-order valence-electron chi connectivity index (χ0n) is 13.7. The van der Waals surface area contributed by atoms with E-state index in [4.69, 9.17) is 5.73 Å². The summed E-state index contributed by atoms with van der Waals surface area (Å²) in [4.78, 5) is 12.4. The van der Waals surface area contributed by atoms with Crippen LogP contribution in [0.3, 0.4) is 0 Å². The summed E-state index contributed by atoms with van der Waals surface area (Å²) in [5.41, 5.74) is 4.85. The van der Waals surface area contributed by atoms with Crippen molar-refractivity contribution in [1.82, 2.24) is 5.32 Å². The molecular formula is C17H32N2O2. The fourth-order valence-electron chi connectivity index (χ4n) is 4.02.